The number of esters is 1. The molecule has 0 saturated heterocycles. The highest BCUT2D eigenvalue weighted by atomic mass is 16.5. The number of hydrogen-bond donors (Lipinski definition) is 3. The lowest BCUT2D eigenvalue weighted by Crippen LogP contribution is -2.45. The van der Waals surface area contributed by atoms with Crippen LogP contribution in [0.3, 0.4) is 0 Å². The molecule has 0 aromatic rings. The van der Waals surface area contributed by atoms with Crippen LogP contribution in [-0.4, -0.2) is 47.4 Å². The highest BCUT2D eigenvalue weighted by molar-refractivity contribution is 5.76. The SMILES string of the molecule is CCCCCCCC/C=C\CCCCCCCCCC(=O)OCCCCC/C=C\C=C/CCCCCCCCC(=O)NC(CO)C(O)/C=C/CCCCCCCCCCCCCCC. The third-order valence-electron chi connectivity index (χ3n) is 12.6. The van der Waals surface area contributed by atoms with E-state index in [0.717, 1.165) is 77.0 Å². The molecule has 3 N–H and O–H groups in total. The number of ether oxygens (including phenoxy) is 1. The molecule has 374 valence electrons. The molecule has 0 aromatic carbocycles. The number of amides is 1. The fourth-order valence-electron chi connectivity index (χ4n) is 8.26. The van der Waals surface area contributed by atoms with Crippen LogP contribution in [0.2, 0.25) is 0 Å². The first kappa shape index (κ1) is 61.8. The Kier molecular flexibility index (Phi) is 51.6. The lowest BCUT2D eigenvalue weighted by Gasteiger charge is -2.20. The van der Waals surface area contributed by atoms with Gasteiger partial charge in [0.25, 0.3) is 0 Å². The van der Waals surface area contributed by atoms with Gasteiger partial charge in [-0.05, 0) is 89.9 Å². The molecule has 0 saturated carbocycles. The Balaban J connectivity index is 3.55. The first-order chi connectivity index (χ1) is 31.5. The Labute approximate surface area is 397 Å². The van der Waals surface area contributed by atoms with Crippen molar-refractivity contribution >= 4 is 11.9 Å². The van der Waals surface area contributed by atoms with Crippen molar-refractivity contribution in [3.63, 3.8) is 0 Å². The van der Waals surface area contributed by atoms with Crippen molar-refractivity contribution in [2.24, 2.45) is 0 Å². The number of carbonyl (C=O) groups excluding carboxylic acids is 2. The third-order valence-corrected chi connectivity index (χ3v) is 12.6. The van der Waals surface area contributed by atoms with Crippen LogP contribution in [0.1, 0.15) is 284 Å². The van der Waals surface area contributed by atoms with Crippen molar-refractivity contribution in [1.82, 2.24) is 5.32 Å². The monoisotopic (exact) mass is 898 g/mol. The van der Waals surface area contributed by atoms with E-state index in [1.54, 1.807) is 6.08 Å². The second-order valence-electron chi connectivity index (χ2n) is 18.9. The number of unbranched alkanes of at least 4 members (excludes halogenated alkanes) is 35. The number of carbonyl (C=O) groups is 2. The van der Waals surface area contributed by atoms with Crippen LogP contribution in [0.4, 0.5) is 0 Å². The average Bonchev–Trinajstić information content (AvgIpc) is 3.29. The number of nitrogens with one attached hydrogen (secondary N) is 1. The predicted octanol–water partition coefficient (Wildman–Crippen LogP) is 17.0. The van der Waals surface area contributed by atoms with E-state index in [-0.39, 0.29) is 18.5 Å². The molecular weight excluding hydrogens is 791 g/mol. The minimum atomic E-state index is -0.859. The van der Waals surface area contributed by atoms with Gasteiger partial charge in [0.05, 0.1) is 25.4 Å². The summed E-state index contributed by atoms with van der Waals surface area (Å²) >= 11 is 0. The quantitative estimate of drug-likeness (QED) is 0.0245. The Morgan fingerprint density at radius 3 is 1.20 bits per heavy atom. The number of aliphatic hydroxyl groups excluding tert-OH is 2. The summed E-state index contributed by atoms with van der Waals surface area (Å²) in [6.45, 7) is 4.84. The van der Waals surface area contributed by atoms with Crippen molar-refractivity contribution in [2.75, 3.05) is 13.2 Å². The molecule has 0 heterocycles. The molecular formula is C58H107NO5. The summed E-state index contributed by atoms with van der Waals surface area (Å²) in [7, 11) is 0. The van der Waals surface area contributed by atoms with E-state index in [9.17, 15) is 19.8 Å². The van der Waals surface area contributed by atoms with E-state index >= 15 is 0 Å². The van der Waals surface area contributed by atoms with Gasteiger partial charge in [-0.25, -0.2) is 0 Å². The van der Waals surface area contributed by atoms with Crippen LogP contribution in [0.25, 0.3) is 0 Å². The summed E-state index contributed by atoms with van der Waals surface area (Å²) in [4.78, 5) is 24.5. The molecule has 2 atom stereocenters. The minimum absolute atomic E-state index is 0.0267. The fourth-order valence-corrected chi connectivity index (χ4v) is 8.26. The van der Waals surface area contributed by atoms with Crippen LogP contribution in [0.5, 0.6) is 0 Å². The minimum Gasteiger partial charge on any atom is -0.466 e. The number of hydrogen-bond acceptors (Lipinski definition) is 5. The zero-order valence-electron chi connectivity index (χ0n) is 42.5. The van der Waals surface area contributed by atoms with E-state index in [0.29, 0.717) is 19.4 Å². The molecule has 0 aliphatic rings. The standard InChI is InChI=1S/C58H107NO5/c1-3-5-7-9-11-13-15-17-19-20-24-28-32-36-40-44-48-52-58(63)64-53-49-45-41-37-33-29-25-21-23-27-31-35-39-43-47-51-57(62)59-55(54-60)56(61)50-46-42-38-34-30-26-22-18-16-14-12-10-8-6-4-2/h17,19,21,25,29,33,46,50,55-56,60-61H,3-16,18,20,22-24,26-28,30-32,34-45,47-49,51-54H2,1-2H3,(H,59,62)/b19-17-,25-21-,33-29-,50-46+. The summed E-state index contributed by atoms with van der Waals surface area (Å²) in [6, 6.07) is -0.645. The maximum absolute atomic E-state index is 12.4. The summed E-state index contributed by atoms with van der Waals surface area (Å²) in [5, 5.41) is 23.1. The second kappa shape index (κ2) is 53.4. The highest BCUT2D eigenvalue weighted by Gasteiger charge is 2.18. The molecule has 0 spiro atoms. The van der Waals surface area contributed by atoms with Crippen molar-refractivity contribution in [2.45, 2.75) is 296 Å². The maximum atomic E-state index is 12.4. The first-order valence-corrected chi connectivity index (χ1v) is 27.9. The van der Waals surface area contributed by atoms with Gasteiger partial charge >= 0.3 is 5.97 Å². The van der Waals surface area contributed by atoms with Crippen molar-refractivity contribution < 1.29 is 24.5 Å². The van der Waals surface area contributed by atoms with E-state index in [2.05, 4.69) is 55.6 Å². The van der Waals surface area contributed by atoms with Crippen molar-refractivity contribution in [3.05, 3.63) is 48.6 Å². The molecule has 0 aromatic heterocycles. The highest BCUT2D eigenvalue weighted by Crippen LogP contribution is 2.15. The topological polar surface area (TPSA) is 95.9 Å². The van der Waals surface area contributed by atoms with Crippen LogP contribution in [0, 0.1) is 0 Å². The van der Waals surface area contributed by atoms with Gasteiger partial charge in [-0.3, -0.25) is 9.59 Å². The molecule has 0 aliphatic carbocycles. The Bertz CT molecular complexity index is 1080. The molecule has 1 amide bonds. The van der Waals surface area contributed by atoms with Gasteiger partial charge in [0.1, 0.15) is 0 Å². The molecule has 6 nitrogen and oxygen atoms in total. The zero-order chi connectivity index (χ0) is 46.5. The van der Waals surface area contributed by atoms with Crippen LogP contribution < -0.4 is 5.32 Å². The lowest BCUT2D eigenvalue weighted by atomic mass is 10.0. The summed E-state index contributed by atoms with van der Waals surface area (Å²) in [5.41, 5.74) is 0. The Hall–Kier alpha value is -2.18. The van der Waals surface area contributed by atoms with Gasteiger partial charge in [0.2, 0.25) is 5.91 Å². The van der Waals surface area contributed by atoms with Crippen molar-refractivity contribution in [1.29, 1.82) is 0 Å². The summed E-state index contributed by atoms with van der Waals surface area (Å²) in [5.74, 6) is -0.118. The summed E-state index contributed by atoms with van der Waals surface area (Å²) < 4.78 is 5.45. The van der Waals surface area contributed by atoms with Crippen LogP contribution in [0.15, 0.2) is 48.6 Å². The van der Waals surface area contributed by atoms with Crippen LogP contribution in [-0.2, 0) is 14.3 Å². The molecule has 0 fully saturated rings. The van der Waals surface area contributed by atoms with E-state index in [4.69, 9.17) is 4.74 Å². The van der Waals surface area contributed by atoms with Gasteiger partial charge in [0, 0.05) is 12.8 Å². The Morgan fingerprint density at radius 1 is 0.438 bits per heavy atom. The van der Waals surface area contributed by atoms with E-state index in [1.165, 1.54) is 180 Å². The van der Waals surface area contributed by atoms with Gasteiger partial charge in [-0.1, -0.05) is 229 Å². The fraction of sp³-hybridized carbons (Fsp3) is 0.828. The van der Waals surface area contributed by atoms with Gasteiger partial charge in [0.15, 0.2) is 0 Å². The molecule has 0 bridgehead atoms. The van der Waals surface area contributed by atoms with Gasteiger partial charge in [-0.2, -0.15) is 0 Å². The normalized spacial score (nSPS) is 13.0. The van der Waals surface area contributed by atoms with Gasteiger partial charge in [-0.15, -0.1) is 0 Å². The smallest absolute Gasteiger partial charge is 0.305 e. The number of aliphatic hydroxyl groups is 2. The largest absolute Gasteiger partial charge is 0.466 e. The lowest BCUT2D eigenvalue weighted by molar-refractivity contribution is -0.143. The average molecular weight is 898 g/mol. The number of rotatable bonds is 51. The first-order valence-electron chi connectivity index (χ1n) is 27.9. The van der Waals surface area contributed by atoms with Crippen molar-refractivity contribution in [3.8, 4) is 0 Å². The molecule has 0 aliphatic heterocycles. The third kappa shape index (κ3) is 49.3. The Morgan fingerprint density at radius 2 is 0.781 bits per heavy atom. The second-order valence-corrected chi connectivity index (χ2v) is 18.9. The molecule has 6 heteroatoms. The van der Waals surface area contributed by atoms with Crippen LogP contribution >= 0.6 is 0 Å². The van der Waals surface area contributed by atoms with E-state index in [1.807, 2.05) is 6.08 Å². The zero-order valence-corrected chi connectivity index (χ0v) is 42.5. The van der Waals surface area contributed by atoms with Gasteiger partial charge < -0.3 is 20.3 Å². The number of allylic oxidation sites excluding steroid dienone is 7. The molecule has 2 unspecified atom stereocenters. The molecule has 0 rings (SSSR count). The van der Waals surface area contributed by atoms with E-state index < -0.39 is 12.1 Å². The predicted molar refractivity (Wildman–Crippen MR) is 278 cm³/mol. The molecule has 64 heavy (non-hydrogen) atoms. The maximum Gasteiger partial charge on any atom is 0.305 e. The summed E-state index contributed by atoms with van der Waals surface area (Å²) in [6.07, 6.45) is 66.9. The molecule has 0 radical (unpaired) electrons.